The van der Waals surface area contributed by atoms with Crippen LogP contribution in [0.25, 0.3) is 11.1 Å². The highest BCUT2D eigenvalue weighted by Crippen LogP contribution is 2.33. The highest BCUT2D eigenvalue weighted by atomic mass is 35.5. The summed E-state index contributed by atoms with van der Waals surface area (Å²) in [4.78, 5) is 21.0. The molecule has 1 aliphatic rings. The van der Waals surface area contributed by atoms with Crippen LogP contribution in [0, 0.1) is 17.7 Å². The minimum absolute atomic E-state index is 0.0317. The molecular formula is C26H25ClF2N3O2. The highest BCUT2D eigenvalue weighted by molar-refractivity contribution is 6.33. The molecule has 1 aromatic heterocycles. The van der Waals surface area contributed by atoms with Gasteiger partial charge in [-0.3, -0.25) is 4.79 Å². The lowest BCUT2D eigenvalue weighted by atomic mass is 10.0. The van der Waals surface area contributed by atoms with Crippen molar-refractivity contribution in [3.8, 4) is 17.0 Å². The van der Waals surface area contributed by atoms with Gasteiger partial charge in [0.2, 0.25) is 5.88 Å². The number of piperazine rings is 1. The first-order valence-electron chi connectivity index (χ1n) is 11.2. The van der Waals surface area contributed by atoms with E-state index in [2.05, 4.69) is 16.0 Å². The monoisotopic (exact) mass is 484 g/mol. The van der Waals surface area contributed by atoms with Gasteiger partial charge in [0.05, 0.1) is 17.2 Å². The van der Waals surface area contributed by atoms with Gasteiger partial charge in [0, 0.05) is 54.8 Å². The largest absolute Gasteiger partial charge is 0.478 e. The maximum absolute atomic E-state index is 15.2. The minimum Gasteiger partial charge on any atom is -0.478 e. The van der Waals surface area contributed by atoms with Crippen LogP contribution in [0.15, 0.2) is 48.7 Å². The van der Waals surface area contributed by atoms with Crippen LogP contribution in [0.3, 0.4) is 0 Å². The summed E-state index contributed by atoms with van der Waals surface area (Å²) in [6.07, 6.45) is 2.35. The molecule has 1 fully saturated rings. The number of pyridine rings is 1. The summed E-state index contributed by atoms with van der Waals surface area (Å²) in [5, 5.41) is 0.0910. The van der Waals surface area contributed by atoms with Crippen LogP contribution in [-0.4, -0.2) is 48.1 Å². The molecule has 0 N–H and O–H groups in total. The first-order chi connectivity index (χ1) is 16.4. The second-order valence-electron chi connectivity index (χ2n) is 7.99. The van der Waals surface area contributed by atoms with Gasteiger partial charge in [-0.2, -0.15) is 0 Å². The van der Waals surface area contributed by atoms with Crippen LogP contribution >= 0.6 is 11.6 Å². The third-order valence-electron chi connectivity index (χ3n) is 5.94. The molecule has 1 aliphatic heterocycles. The van der Waals surface area contributed by atoms with E-state index in [1.165, 1.54) is 12.1 Å². The van der Waals surface area contributed by atoms with Crippen molar-refractivity contribution < 1.29 is 18.3 Å². The van der Waals surface area contributed by atoms with Crippen LogP contribution in [0.2, 0.25) is 5.02 Å². The maximum atomic E-state index is 15.2. The van der Waals surface area contributed by atoms with Gasteiger partial charge in [-0.25, -0.2) is 13.8 Å². The smallest absolute Gasteiger partial charge is 0.255 e. The number of carbonyl (C=O) groups excluding carboxylic acids is 1. The fraction of sp³-hybridized carbons (Fsp3) is 0.308. The molecule has 1 atom stereocenters. The van der Waals surface area contributed by atoms with Crippen molar-refractivity contribution in [3.63, 3.8) is 0 Å². The zero-order valence-corrected chi connectivity index (χ0v) is 19.8. The summed E-state index contributed by atoms with van der Waals surface area (Å²) in [5.74, 6) is -0.840. The molecule has 1 saturated heterocycles. The van der Waals surface area contributed by atoms with E-state index in [-0.39, 0.29) is 22.5 Å². The van der Waals surface area contributed by atoms with Crippen molar-refractivity contribution in [3.05, 3.63) is 76.9 Å². The SMILES string of the molecule is CCOc1ncccc1-c1ccc(N2CCN(C(=O)c3ccc(F)cc3Cl)C[C@H]2CC)[c]c1F. The second-order valence-corrected chi connectivity index (χ2v) is 8.40. The van der Waals surface area contributed by atoms with Gasteiger partial charge in [-0.1, -0.05) is 18.5 Å². The summed E-state index contributed by atoms with van der Waals surface area (Å²) < 4.78 is 34.1. The topological polar surface area (TPSA) is 45.7 Å². The zero-order valence-electron chi connectivity index (χ0n) is 19.0. The van der Waals surface area contributed by atoms with E-state index in [1.807, 2.05) is 19.9 Å². The average Bonchev–Trinajstić information content (AvgIpc) is 2.84. The lowest BCUT2D eigenvalue weighted by Gasteiger charge is -2.42. The Morgan fingerprint density at radius 2 is 2.00 bits per heavy atom. The number of ether oxygens (including phenoxy) is 1. The Morgan fingerprint density at radius 3 is 2.71 bits per heavy atom. The van der Waals surface area contributed by atoms with E-state index < -0.39 is 11.6 Å². The third-order valence-corrected chi connectivity index (χ3v) is 6.25. The number of rotatable bonds is 6. The third kappa shape index (κ3) is 4.85. The van der Waals surface area contributed by atoms with Gasteiger partial charge in [-0.15, -0.1) is 0 Å². The van der Waals surface area contributed by atoms with Crippen molar-refractivity contribution in [1.82, 2.24) is 9.88 Å². The van der Waals surface area contributed by atoms with Crippen molar-refractivity contribution in [2.45, 2.75) is 26.3 Å². The van der Waals surface area contributed by atoms with Crippen molar-refractivity contribution >= 4 is 23.2 Å². The lowest BCUT2D eigenvalue weighted by Crippen LogP contribution is -2.54. The molecule has 1 amide bonds. The fourth-order valence-corrected chi connectivity index (χ4v) is 4.47. The number of benzene rings is 2. The van der Waals surface area contributed by atoms with E-state index in [0.29, 0.717) is 48.9 Å². The van der Waals surface area contributed by atoms with Crippen molar-refractivity contribution in [2.24, 2.45) is 0 Å². The predicted octanol–water partition coefficient (Wildman–Crippen LogP) is 5.62. The van der Waals surface area contributed by atoms with Crippen LogP contribution in [0.1, 0.15) is 30.6 Å². The van der Waals surface area contributed by atoms with E-state index >= 15 is 4.39 Å². The van der Waals surface area contributed by atoms with Gasteiger partial charge in [0.15, 0.2) is 0 Å². The molecule has 0 bridgehead atoms. The molecular weight excluding hydrogens is 460 g/mol. The van der Waals surface area contributed by atoms with Crippen LogP contribution in [0.5, 0.6) is 5.88 Å². The molecule has 0 unspecified atom stereocenters. The molecule has 1 radical (unpaired) electrons. The summed E-state index contributed by atoms with van der Waals surface area (Å²) in [7, 11) is 0. The van der Waals surface area contributed by atoms with Gasteiger partial charge in [-0.05, 0) is 55.8 Å². The van der Waals surface area contributed by atoms with Gasteiger partial charge >= 0.3 is 0 Å². The number of anilines is 1. The minimum atomic E-state index is -0.488. The van der Waals surface area contributed by atoms with Crippen LogP contribution < -0.4 is 9.64 Å². The number of hydrogen-bond acceptors (Lipinski definition) is 4. The summed E-state index contributed by atoms with van der Waals surface area (Å²) >= 11 is 6.09. The molecule has 2 aromatic carbocycles. The maximum Gasteiger partial charge on any atom is 0.255 e. The predicted molar refractivity (Wildman–Crippen MR) is 128 cm³/mol. The number of halogens is 3. The molecule has 34 heavy (non-hydrogen) atoms. The average molecular weight is 485 g/mol. The summed E-state index contributed by atoms with van der Waals surface area (Å²) in [5.41, 5.74) is 1.84. The van der Waals surface area contributed by atoms with Crippen molar-refractivity contribution in [1.29, 1.82) is 0 Å². The Balaban J connectivity index is 1.54. The number of amides is 1. The Hall–Kier alpha value is -3.19. The molecule has 0 aliphatic carbocycles. The number of aromatic nitrogens is 1. The standard InChI is InChI=1S/C26H25ClF2N3O2/c1-3-18-16-31(26(33)22-9-7-17(28)14-23(22)27)12-13-32(18)19-8-10-20(24(29)15-19)21-6-5-11-30-25(21)34-4-2/h5-11,14,18H,3-4,12-13,16H2,1-2H3/t18-/m1/s1. The second kappa shape index (κ2) is 10.4. The number of carbonyl (C=O) groups is 1. The molecule has 177 valence electrons. The van der Waals surface area contributed by atoms with Crippen LogP contribution in [-0.2, 0) is 0 Å². The molecule has 2 heterocycles. The summed E-state index contributed by atoms with van der Waals surface area (Å²) in [6, 6.07) is 13.7. The first-order valence-corrected chi connectivity index (χ1v) is 11.6. The zero-order chi connectivity index (χ0) is 24.2. The van der Waals surface area contributed by atoms with E-state index in [0.717, 1.165) is 12.5 Å². The highest BCUT2D eigenvalue weighted by Gasteiger charge is 2.30. The summed E-state index contributed by atoms with van der Waals surface area (Å²) in [6.45, 7) is 5.68. The number of nitrogens with zero attached hydrogens (tertiary/aromatic N) is 3. The van der Waals surface area contributed by atoms with Gasteiger partial charge < -0.3 is 14.5 Å². The van der Waals surface area contributed by atoms with E-state index in [9.17, 15) is 9.18 Å². The number of hydrogen-bond donors (Lipinski definition) is 0. The van der Waals surface area contributed by atoms with Gasteiger partial charge in [0.25, 0.3) is 5.91 Å². The van der Waals surface area contributed by atoms with Gasteiger partial charge in [0.1, 0.15) is 11.6 Å². The Morgan fingerprint density at radius 1 is 1.18 bits per heavy atom. The van der Waals surface area contributed by atoms with E-state index in [1.54, 1.807) is 29.3 Å². The Kier molecular flexibility index (Phi) is 7.32. The first kappa shape index (κ1) is 24.0. The molecule has 0 spiro atoms. The lowest BCUT2D eigenvalue weighted by molar-refractivity contribution is 0.0721. The molecule has 3 aromatic rings. The molecule has 5 nitrogen and oxygen atoms in total. The Bertz CT molecular complexity index is 1190. The quantitative estimate of drug-likeness (QED) is 0.455. The Labute approximate surface area is 202 Å². The van der Waals surface area contributed by atoms with Crippen molar-refractivity contribution in [2.75, 3.05) is 31.1 Å². The molecule has 8 heteroatoms. The normalized spacial score (nSPS) is 16.0. The fourth-order valence-electron chi connectivity index (χ4n) is 4.22. The molecule has 4 rings (SSSR count). The molecule has 0 saturated carbocycles. The van der Waals surface area contributed by atoms with Crippen LogP contribution in [0.4, 0.5) is 14.5 Å². The van der Waals surface area contributed by atoms with E-state index in [4.69, 9.17) is 16.3 Å².